The first-order valence-corrected chi connectivity index (χ1v) is 12.1. The molecule has 1 heterocycles. The van der Waals surface area contributed by atoms with E-state index in [4.69, 9.17) is 11.6 Å². The van der Waals surface area contributed by atoms with Gasteiger partial charge >= 0.3 is 0 Å². The van der Waals surface area contributed by atoms with Crippen LogP contribution in [0.15, 0.2) is 53.4 Å². The lowest BCUT2D eigenvalue weighted by Crippen LogP contribution is -2.43. The summed E-state index contributed by atoms with van der Waals surface area (Å²) in [6.45, 7) is 0.498. The average Bonchev–Trinajstić information content (AvgIpc) is 3.58. The fraction of sp³-hybridized carbons (Fsp3) is 0.364. The molecule has 2 aliphatic rings. The summed E-state index contributed by atoms with van der Waals surface area (Å²) in [5, 5.41) is 6.23. The number of piperidine rings is 1. The number of anilines is 1. The molecule has 1 saturated carbocycles. The van der Waals surface area contributed by atoms with Crippen LogP contribution >= 0.6 is 11.6 Å². The minimum atomic E-state index is -3.69. The third-order valence-corrected chi connectivity index (χ3v) is 7.66. The summed E-state index contributed by atoms with van der Waals surface area (Å²) in [7, 11) is -3.69. The van der Waals surface area contributed by atoms with Crippen molar-refractivity contribution in [2.75, 3.05) is 18.4 Å². The number of hydrogen-bond acceptors (Lipinski definition) is 4. The van der Waals surface area contributed by atoms with E-state index in [1.807, 2.05) is 0 Å². The van der Waals surface area contributed by atoms with E-state index in [1.165, 1.54) is 28.6 Å². The Kier molecular flexibility index (Phi) is 6.31. The molecule has 0 bridgehead atoms. The Labute approximate surface area is 186 Å². The number of carbonyl (C=O) groups is 2. The molecule has 0 radical (unpaired) electrons. The average molecular weight is 462 g/mol. The number of hydrogen-bond donors (Lipinski definition) is 2. The number of rotatable bonds is 6. The number of sulfonamides is 1. The van der Waals surface area contributed by atoms with Crippen LogP contribution < -0.4 is 10.6 Å². The molecule has 164 valence electrons. The molecule has 2 aromatic carbocycles. The molecule has 1 saturated heterocycles. The first-order valence-electron chi connectivity index (χ1n) is 10.3. The molecule has 2 aromatic rings. The van der Waals surface area contributed by atoms with Gasteiger partial charge < -0.3 is 10.6 Å². The summed E-state index contributed by atoms with van der Waals surface area (Å²) < 4.78 is 27.2. The standard InChI is InChI=1S/C22H24ClN3O4S/c23-17-5-11-20(12-6-17)31(29,30)26-13-1-2-16(14-26)22(28)25-18-7-3-15(4-8-18)21(27)24-19-9-10-19/h3-8,11-12,16,19H,1-2,9-10,13-14H2,(H,24,27)(H,25,28). The van der Waals surface area contributed by atoms with Crippen molar-refractivity contribution in [1.29, 1.82) is 0 Å². The van der Waals surface area contributed by atoms with Crippen molar-refractivity contribution in [2.45, 2.75) is 36.6 Å². The van der Waals surface area contributed by atoms with Gasteiger partial charge in [0, 0.05) is 35.4 Å². The summed E-state index contributed by atoms with van der Waals surface area (Å²) in [5.41, 5.74) is 1.12. The van der Waals surface area contributed by atoms with Crippen LogP contribution in [0.3, 0.4) is 0 Å². The summed E-state index contributed by atoms with van der Waals surface area (Å²) in [5.74, 6) is -0.796. The van der Waals surface area contributed by atoms with Gasteiger partial charge in [-0.15, -0.1) is 0 Å². The van der Waals surface area contributed by atoms with E-state index in [0.29, 0.717) is 35.7 Å². The minimum absolute atomic E-state index is 0.115. The molecule has 2 N–H and O–H groups in total. The molecule has 1 atom stereocenters. The van der Waals surface area contributed by atoms with Crippen molar-refractivity contribution in [2.24, 2.45) is 5.92 Å². The first kappa shape index (κ1) is 21.8. The Morgan fingerprint density at radius 1 is 0.968 bits per heavy atom. The maximum atomic E-state index is 12.9. The molecule has 7 nitrogen and oxygen atoms in total. The highest BCUT2D eigenvalue weighted by Gasteiger charge is 2.33. The molecule has 31 heavy (non-hydrogen) atoms. The van der Waals surface area contributed by atoms with Gasteiger partial charge in [0.05, 0.1) is 10.8 Å². The Morgan fingerprint density at radius 3 is 2.29 bits per heavy atom. The third-order valence-electron chi connectivity index (χ3n) is 5.53. The lowest BCUT2D eigenvalue weighted by molar-refractivity contribution is -0.120. The Bertz CT molecular complexity index is 1070. The van der Waals surface area contributed by atoms with Crippen LogP contribution in [0.1, 0.15) is 36.0 Å². The molecular formula is C22H24ClN3O4S. The van der Waals surface area contributed by atoms with Crippen molar-refractivity contribution >= 4 is 39.1 Å². The van der Waals surface area contributed by atoms with Crippen molar-refractivity contribution in [3.05, 3.63) is 59.1 Å². The Balaban J connectivity index is 1.38. The minimum Gasteiger partial charge on any atom is -0.349 e. The molecule has 1 aliphatic carbocycles. The van der Waals surface area contributed by atoms with E-state index >= 15 is 0 Å². The third kappa shape index (κ3) is 5.26. The van der Waals surface area contributed by atoms with Gasteiger partial charge in [-0.05, 0) is 74.2 Å². The van der Waals surface area contributed by atoms with E-state index in [1.54, 1.807) is 24.3 Å². The topological polar surface area (TPSA) is 95.6 Å². The van der Waals surface area contributed by atoms with Crippen molar-refractivity contribution in [3.8, 4) is 0 Å². The van der Waals surface area contributed by atoms with Crippen LogP contribution in [0, 0.1) is 5.92 Å². The highest BCUT2D eigenvalue weighted by atomic mass is 35.5. The number of carbonyl (C=O) groups excluding carboxylic acids is 2. The van der Waals surface area contributed by atoms with Crippen LogP contribution in [-0.2, 0) is 14.8 Å². The number of amides is 2. The monoisotopic (exact) mass is 461 g/mol. The van der Waals surface area contributed by atoms with Crippen LogP contribution in [0.4, 0.5) is 5.69 Å². The van der Waals surface area contributed by atoms with Gasteiger partial charge in [-0.1, -0.05) is 11.6 Å². The Hall–Kier alpha value is -2.42. The van der Waals surface area contributed by atoms with Gasteiger partial charge in [0.15, 0.2) is 0 Å². The SMILES string of the molecule is O=C(NC1CC1)c1ccc(NC(=O)C2CCCN(S(=O)(=O)c3ccc(Cl)cc3)C2)cc1. The van der Waals surface area contributed by atoms with E-state index in [9.17, 15) is 18.0 Å². The van der Waals surface area contributed by atoms with Crippen LogP contribution in [-0.4, -0.2) is 43.7 Å². The predicted molar refractivity (Wildman–Crippen MR) is 118 cm³/mol. The maximum Gasteiger partial charge on any atom is 0.251 e. The second-order valence-corrected chi connectivity index (χ2v) is 10.3. The molecule has 4 rings (SSSR count). The van der Waals surface area contributed by atoms with Gasteiger partial charge in [-0.25, -0.2) is 8.42 Å². The predicted octanol–water partition coefficient (Wildman–Crippen LogP) is 3.27. The zero-order valence-electron chi connectivity index (χ0n) is 16.9. The maximum absolute atomic E-state index is 12.9. The molecule has 2 amide bonds. The van der Waals surface area contributed by atoms with Crippen LogP contribution in [0.25, 0.3) is 0 Å². The molecule has 2 fully saturated rings. The molecule has 0 aromatic heterocycles. The largest absolute Gasteiger partial charge is 0.349 e. The zero-order valence-corrected chi connectivity index (χ0v) is 18.5. The van der Waals surface area contributed by atoms with Crippen LogP contribution in [0.2, 0.25) is 5.02 Å². The Morgan fingerprint density at radius 2 is 1.65 bits per heavy atom. The highest BCUT2D eigenvalue weighted by Crippen LogP contribution is 2.26. The zero-order chi connectivity index (χ0) is 22.0. The summed E-state index contributed by atoms with van der Waals surface area (Å²) in [4.78, 5) is 25.0. The van der Waals surface area contributed by atoms with E-state index < -0.39 is 15.9 Å². The highest BCUT2D eigenvalue weighted by molar-refractivity contribution is 7.89. The van der Waals surface area contributed by atoms with Crippen molar-refractivity contribution in [1.82, 2.24) is 9.62 Å². The quantitative estimate of drug-likeness (QED) is 0.690. The smallest absolute Gasteiger partial charge is 0.251 e. The second kappa shape index (κ2) is 8.98. The second-order valence-electron chi connectivity index (χ2n) is 7.97. The molecule has 0 spiro atoms. The van der Waals surface area contributed by atoms with Gasteiger partial charge in [-0.3, -0.25) is 9.59 Å². The van der Waals surface area contributed by atoms with Gasteiger partial charge in [0.2, 0.25) is 15.9 Å². The summed E-state index contributed by atoms with van der Waals surface area (Å²) in [6.07, 6.45) is 3.25. The lowest BCUT2D eigenvalue weighted by atomic mass is 9.98. The number of nitrogens with zero attached hydrogens (tertiary/aromatic N) is 1. The summed E-state index contributed by atoms with van der Waals surface area (Å²) in [6, 6.07) is 13.0. The fourth-order valence-corrected chi connectivity index (χ4v) is 5.23. The number of benzene rings is 2. The van der Waals surface area contributed by atoms with E-state index in [0.717, 1.165) is 12.8 Å². The van der Waals surface area contributed by atoms with Gasteiger partial charge in [-0.2, -0.15) is 4.31 Å². The van der Waals surface area contributed by atoms with E-state index in [-0.39, 0.29) is 29.3 Å². The van der Waals surface area contributed by atoms with Crippen molar-refractivity contribution < 1.29 is 18.0 Å². The summed E-state index contributed by atoms with van der Waals surface area (Å²) >= 11 is 5.86. The van der Waals surface area contributed by atoms with Gasteiger partial charge in [0.25, 0.3) is 5.91 Å². The number of nitrogens with one attached hydrogen (secondary N) is 2. The molecule has 1 aliphatic heterocycles. The van der Waals surface area contributed by atoms with Crippen molar-refractivity contribution in [3.63, 3.8) is 0 Å². The normalized spacial score (nSPS) is 19.6. The molecule has 1 unspecified atom stereocenters. The van der Waals surface area contributed by atoms with Crippen LogP contribution in [0.5, 0.6) is 0 Å². The fourth-order valence-electron chi connectivity index (χ4n) is 3.58. The van der Waals surface area contributed by atoms with E-state index in [2.05, 4.69) is 10.6 Å². The molecule has 9 heteroatoms. The lowest BCUT2D eigenvalue weighted by Gasteiger charge is -2.31. The number of halogens is 1. The first-order chi connectivity index (χ1) is 14.8. The molecular weight excluding hydrogens is 438 g/mol. The van der Waals surface area contributed by atoms with Gasteiger partial charge in [0.1, 0.15) is 0 Å².